The third kappa shape index (κ3) is 4.43. The number of ether oxygens (including phenoxy) is 1. The molecule has 26 heavy (non-hydrogen) atoms. The zero-order valence-electron chi connectivity index (χ0n) is 14.8. The minimum atomic E-state index is -3.07. The molecule has 3 rings (SSSR count). The van der Waals surface area contributed by atoms with Crippen LogP contribution in [0.5, 0.6) is 5.75 Å². The highest BCUT2D eigenvalue weighted by Gasteiger charge is 2.34. The molecule has 0 saturated carbocycles. The molecule has 1 unspecified atom stereocenters. The Morgan fingerprint density at radius 3 is 2.58 bits per heavy atom. The topological polar surface area (TPSA) is 63.7 Å². The average Bonchev–Trinajstić information content (AvgIpc) is 3.02. The van der Waals surface area contributed by atoms with E-state index in [2.05, 4.69) is 0 Å². The molecule has 0 aliphatic carbocycles. The summed E-state index contributed by atoms with van der Waals surface area (Å²) < 4.78 is 29.0. The standard InChI is InChI=1S/C20H23NO4S/c1-25-19-9-5-8-17(14-19)20(22)21(18-11-13-26(23,24)15-18)12-10-16-6-3-2-4-7-16/h2-9,14,18H,10-13,15H2,1H3. The van der Waals surface area contributed by atoms with Crippen LogP contribution in [0.15, 0.2) is 54.6 Å². The Labute approximate surface area is 154 Å². The second kappa shape index (κ2) is 7.91. The molecule has 1 aliphatic rings. The molecule has 0 spiro atoms. The van der Waals surface area contributed by atoms with E-state index >= 15 is 0 Å². The summed E-state index contributed by atoms with van der Waals surface area (Å²) in [4.78, 5) is 14.8. The van der Waals surface area contributed by atoms with Crippen molar-refractivity contribution >= 4 is 15.7 Å². The summed E-state index contributed by atoms with van der Waals surface area (Å²) in [6.07, 6.45) is 1.18. The van der Waals surface area contributed by atoms with E-state index in [1.807, 2.05) is 30.3 Å². The molecule has 1 heterocycles. The van der Waals surface area contributed by atoms with Gasteiger partial charge in [0.1, 0.15) is 5.75 Å². The smallest absolute Gasteiger partial charge is 0.254 e. The van der Waals surface area contributed by atoms with Crippen LogP contribution in [-0.4, -0.2) is 50.4 Å². The van der Waals surface area contributed by atoms with E-state index in [0.29, 0.717) is 30.7 Å². The Bertz CT molecular complexity index is 864. The van der Waals surface area contributed by atoms with E-state index in [0.717, 1.165) is 5.56 Å². The zero-order valence-corrected chi connectivity index (χ0v) is 15.6. The number of hydrogen-bond donors (Lipinski definition) is 0. The predicted octanol–water partition coefficient (Wildman–Crippen LogP) is 2.57. The number of rotatable bonds is 6. The first kappa shape index (κ1) is 18.5. The largest absolute Gasteiger partial charge is 0.497 e. The lowest BCUT2D eigenvalue weighted by atomic mass is 10.1. The Balaban J connectivity index is 1.83. The molecule has 1 saturated heterocycles. The number of hydrogen-bond acceptors (Lipinski definition) is 4. The van der Waals surface area contributed by atoms with Crippen LogP contribution in [-0.2, 0) is 16.3 Å². The predicted molar refractivity (Wildman–Crippen MR) is 101 cm³/mol. The van der Waals surface area contributed by atoms with Gasteiger partial charge in [0.2, 0.25) is 0 Å². The van der Waals surface area contributed by atoms with E-state index in [4.69, 9.17) is 4.74 Å². The fourth-order valence-electron chi connectivity index (χ4n) is 3.29. The van der Waals surface area contributed by atoms with Crippen LogP contribution >= 0.6 is 0 Å². The van der Waals surface area contributed by atoms with Crippen LogP contribution in [0.1, 0.15) is 22.3 Å². The number of amides is 1. The van der Waals surface area contributed by atoms with Crippen molar-refractivity contribution in [2.75, 3.05) is 25.2 Å². The summed E-state index contributed by atoms with van der Waals surface area (Å²) >= 11 is 0. The SMILES string of the molecule is COc1cccc(C(=O)N(CCc2ccccc2)C2CCS(=O)(=O)C2)c1. The highest BCUT2D eigenvalue weighted by Crippen LogP contribution is 2.22. The normalized spacial score (nSPS) is 18.4. The average molecular weight is 373 g/mol. The summed E-state index contributed by atoms with van der Waals surface area (Å²) in [7, 11) is -1.51. The van der Waals surface area contributed by atoms with Crippen LogP contribution < -0.4 is 4.74 Å². The first-order chi connectivity index (χ1) is 12.5. The second-order valence-corrected chi connectivity index (χ2v) is 8.75. The molecule has 5 nitrogen and oxygen atoms in total. The van der Waals surface area contributed by atoms with Crippen molar-refractivity contribution in [3.05, 3.63) is 65.7 Å². The van der Waals surface area contributed by atoms with Gasteiger partial charge in [-0.1, -0.05) is 36.4 Å². The van der Waals surface area contributed by atoms with Crippen molar-refractivity contribution < 1.29 is 17.9 Å². The Hall–Kier alpha value is -2.34. The summed E-state index contributed by atoms with van der Waals surface area (Å²) in [6, 6.07) is 16.6. The van der Waals surface area contributed by atoms with E-state index in [1.165, 1.54) is 0 Å². The van der Waals surface area contributed by atoms with Gasteiger partial charge in [-0.25, -0.2) is 8.42 Å². The van der Waals surface area contributed by atoms with Crippen LogP contribution in [0.4, 0.5) is 0 Å². The quantitative estimate of drug-likeness (QED) is 0.781. The number of carbonyl (C=O) groups excluding carboxylic acids is 1. The summed E-state index contributed by atoms with van der Waals surface area (Å²) in [6.45, 7) is 0.486. The lowest BCUT2D eigenvalue weighted by molar-refractivity contribution is 0.0699. The lowest BCUT2D eigenvalue weighted by Gasteiger charge is -2.28. The molecule has 1 amide bonds. The van der Waals surface area contributed by atoms with Gasteiger partial charge in [-0.05, 0) is 36.6 Å². The first-order valence-corrected chi connectivity index (χ1v) is 10.5. The molecular formula is C20H23NO4S. The molecule has 0 N–H and O–H groups in total. The minimum Gasteiger partial charge on any atom is -0.497 e. The van der Waals surface area contributed by atoms with Crippen LogP contribution in [0.25, 0.3) is 0 Å². The number of nitrogens with zero attached hydrogens (tertiary/aromatic N) is 1. The van der Waals surface area contributed by atoms with E-state index in [1.54, 1.807) is 36.3 Å². The molecule has 2 aromatic rings. The fourth-order valence-corrected chi connectivity index (χ4v) is 5.02. The third-order valence-corrected chi connectivity index (χ3v) is 6.46. The van der Waals surface area contributed by atoms with Gasteiger partial charge < -0.3 is 9.64 Å². The van der Waals surface area contributed by atoms with Gasteiger partial charge in [0.15, 0.2) is 9.84 Å². The van der Waals surface area contributed by atoms with Gasteiger partial charge in [-0.2, -0.15) is 0 Å². The number of sulfone groups is 1. The van der Waals surface area contributed by atoms with Crippen molar-refractivity contribution in [1.82, 2.24) is 4.90 Å². The van der Waals surface area contributed by atoms with Crippen LogP contribution in [0.2, 0.25) is 0 Å². The molecule has 2 aromatic carbocycles. The molecule has 6 heteroatoms. The van der Waals surface area contributed by atoms with Crippen molar-refractivity contribution in [3.8, 4) is 5.75 Å². The maximum Gasteiger partial charge on any atom is 0.254 e. The van der Waals surface area contributed by atoms with Gasteiger partial charge in [0.05, 0.1) is 18.6 Å². The molecular weight excluding hydrogens is 350 g/mol. The van der Waals surface area contributed by atoms with E-state index in [-0.39, 0.29) is 23.5 Å². The minimum absolute atomic E-state index is 0.0392. The first-order valence-electron chi connectivity index (χ1n) is 8.68. The molecule has 1 aliphatic heterocycles. The highest BCUT2D eigenvalue weighted by atomic mass is 32.2. The van der Waals surface area contributed by atoms with Crippen molar-refractivity contribution in [2.45, 2.75) is 18.9 Å². The second-order valence-electron chi connectivity index (χ2n) is 6.52. The summed E-state index contributed by atoms with van der Waals surface area (Å²) in [5.74, 6) is 0.641. The Morgan fingerprint density at radius 1 is 1.15 bits per heavy atom. The van der Waals surface area contributed by atoms with Crippen LogP contribution in [0.3, 0.4) is 0 Å². The number of methoxy groups -OCH3 is 1. The lowest BCUT2D eigenvalue weighted by Crippen LogP contribution is -2.42. The van der Waals surface area contributed by atoms with E-state index < -0.39 is 9.84 Å². The van der Waals surface area contributed by atoms with Crippen molar-refractivity contribution in [1.29, 1.82) is 0 Å². The highest BCUT2D eigenvalue weighted by molar-refractivity contribution is 7.91. The zero-order chi connectivity index (χ0) is 18.6. The third-order valence-electron chi connectivity index (χ3n) is 4.71. The van der Waals surface area contributed by atoms with Crippen molar-refractivity contribution in [2.24, 2.45) is 0 Å². The molecule has 0 bridgehead atoms. The van der Waals surface area contributed by atoms with Gasteiger partial charge in [-0.3, -0.25) is 4.79 Å². The molecule has 1 fully saturated rings. The van der Waals surface area contributed by atoms with Gasteiger partial charge in [0, 0.05) is 18.2 Å². The Morgan fingerprint density at radius 2 is 1.92 bits per heavy atom. The molecule has 1 atom stereocenters. The van der Waals surface area contributed by atoms with Gasteiger partial charge in [-0.15, -0.1) is 0 Å². The number of carbonyl (C=O) groups is 1. The van der Waals surface area contributed by atoms with E-state index in [9.17, 15) is 13.2 Å². The van der Waals surface area contributed by atoms with Gasteiger partial charge >= 0.3 is 0 Å². The van der Waals surface area contributed by atoms with Gasteiger partial charge in [0.25, 0.3) is 5.91 Å². The Kier molecular flexibility index (Phi) is 5.61. The number of benzene rings is 2. The maximum atomic E-state index is 13.1. The molecule has 0 aromatic heterocycles. The molecule has 138 valence electrons. The molecule has 0 radical (unpaired) electrons. The summed E-state index contributed by atoms with van der Waals surface area (Å²) in [5.41, 5.74) is 1.64. The monoisotopic (exact) mass is 373 g/mol. The fraction of sp³-hybridized carbons (Fsp3) is 0.350. The van der Waals surface area contributed by atoms with Crippen molar-refractivity contribution in [3.63, 3.8) is 0 Å². The van der Waals surface area contributed by atoms with Crippen LogP contribution in [0, 0.1) is 0 Å². The summed E-state index contributed by atoms with van der Waals surface area (Å²) in [5, 5.41) is 0. The maximum absolute atomic E-state index is 13.1.